The molecule has 0 saturated heterocycles. The number of nitrogens with one attached hydrogen (secondary N) is 3. The zero-order valence-corrected chi connectivity index (χ0v) is 11.4. The summed E-state index contributed by atoms with van der Waals surface area (Å²) in [5, 5.41) is 28.0. The molecule has 0 unspecified atom stereocenters. The average molecular weight is 278 g/mol. The van der Waals surface area contributed by atoms with Crippen molar-refractivity contribution in [3.05, 3.63) is 35.7 Å². The van der Waals surface area contributed by atoms with Gasteiger partial charge in [-0.2, -0.15) is 5.26 Å². The van der Waals surface area contributed by atoms with Crippen molar-refractivity contribution >= 4 is 30.9 Å². The first kappa shape index (κ1) is 14.6. The van der Waals surface area contributed by atoms with Crippen LogP contribution < -0.4 is 10.8 Å². The molecule has 2 aromatic rings. The summed E-state index contributed by atoms with van der Waals surface area (Å²) in [4.78, 5) is 7.39. The van der Waals surface area contributed by atoms with E-state index < -0.39 is 0 Å². The minimum absolute atomic E-state index is 0.262. The van der Waals surface area contributed by atoms with Crippen LogP contribution >= 0.6 is 0 Å². The summed E-state index contributed by atoms with van der Waals surface area (Å²) in [6, 6.07) is 7.38. The molecule has 103 valence electrons. The molecule has 0 aliphatic carbocycles. The van der Waals surface area contributed by atoms with Crippen molar-refractivity contribution in [1.82, 2.24) is 9.97 Å². The van der Waals surface area contributed by atoms with E-state index in [9.17, 15) is 0 Å². The quantitative estimate of drug-likeness (QED) is 0.370. The summed E-state index contributed by atoms with van der Waals surface area (Å²) in [6.45, 7) is 0. The Bertz CT molecular complexity index is 729. The highest BCUT2D eigenvalue weighted by Crippen LogP contribution is 2.19. The summed E-state index contributed by atoms with van der Waals surface area (Å²) in [6.07, 6.45) is 4.16. The van der Waals surface area contributed by atoms with Gasteiger partial charge in [0.05, 0.1) is 17.0 Å². The molecule has 0 saturated carbocycles. The molecule has 2 heterocycles. The second-order valence-corrected chi connectivity index (χ2v) is 4.22. The smallest absolute Gasteiger partial charge is 0.330 e. The van der Waals surface area contributed by atoms with E-state index in [0.29, 0.717) is 11.2 Å². The number of rotatable bonds is 5. The van der Waals surface area contributed by atoms with Crippen LogP contribution in [0.2, 0.25) is 0 Å². The Balaban J connectivity index is 2.36. The van der Waals surface area contributed by atoms with Gasteiger partial charge >= 0.3 is 7.48 Å². The maximum absolute atomic E-state index is 9.10. The molecule has 4 N–H and O–H groups in total. The van der Waals surface area contributed by atoms with E-state index in [2.05, 4.69) is 15.3 Å². The maximum Gasteiger partial charge on any atom is 0.330 e. The van der Waals surface area contributed by atoms with Crippen molar-refractivity contribution in [3.63, 3.8) is 0 Å². The Morgan fingerprint density at radius 2 is 2.38 bits per heavy atom. The number of H-pyrrole nitrogens is 1. The lowest BCUT2D eigenvalue weighted by Gasteiger charge is -2.07. The van der Waals surface area contributed by atoms with Gasteiger partial charge in [0.25, 0.3) is 0 Å². The van der Waals surface area contributed by atoms with Crippen LogP contribution in [0.5, 0.6) is 0 Å². The second-order valence-electron chi connectivity index (χ2n) is 4.22. The molecule has 0 aliphatic rings. The summed E-state index contributed by atoms with van der Waals surface area (Å²) in [7, 11) is 2.76. The van der Waals surface area contributed by atoms with Crippen LogP contribution in [-0.2, 0) is 0 Å². The Morgan fingerprint density at radius 1 is 1.57 bits per heavy atom. The monoisotopic (exact) mass is 278 g/mol. The summed E-state index contributed by atoms with van der Waals surface area (Å²) < 4.78 is 0. The van der Waals surface area contributed by atoms with Crippen molar-refractivity contribution in [1.29, 1.82) is 10.7 Å². The number of aromatic amines is 1. The van der Waals surface area contributed by atoms with Crippen molar-refractivity contribution in [2.24, 2.45) is 0 Å². The van der Waals surface area contributed by atoms with Gasteiger partial charge in [0.1, 0.15) is 6.07 Å². The molecule has 0 amide bonds. The zero-order chi connectivity index (χ0) is 15.2. The number of anilines is 1. The number of pyridine rings is 1. The molecule has 2 rings (SSSR count). The number of aromatic nitrogens is 2. The number of hydrogen-bond acceptors (Lipinski definition) is 5. The lowest BCUT2D eigenvalue weighted by molar-refractivity contribution is 0.615. The lowest BCUT2D eigenvalue weighted by atomic mass is 9.88. The van der Waals surface area contributed by atoms with Gasteiger partial charge in [-0.1, -0.05) is 0 Å². The Morgan fingerprint density at radius 3 is 3.00 bits per heavy atom. The van der Waals surface area contributed by atoms with Crippen molar-refractivity contribution in [3.8, 4) is 17.5 Å². The van der Waals surface area contributed by atoms with E-state index >= 15 is 0 Å². The highest BCUT2D eigenvalue weighted by molar-refractivity contribution is 6.48. The van der Waals surface area contributed by atoms with Crippen LogP contribution in [0, 0.1) is 16.7 Å². The Labute approximate surface area is 122 Å². The molecule has 0 bridgehead atoms. The fraction of sp³-hybridized carbons (Fsp3) is 0.0714. The minimum atomic E-state index is 0.262. The molecule has 21 heavy (non-hydrogen) atoms. The third-order valence-electron chi connectivity index (χ3n) is 2.92. The Kier molecular flexibility index (Phi) is 4.54. The molecule has 0 spiro atoms. The third kappa shape index (κ3) is 3.19. The summed E-state index contributed by atoms with van der Waals surface area (Å²) >= 11 is 0. The summed E-state index contributed by atoms with van der Waals surface area (Å²) in [5.41, 5.74) is 3.82. The largest absolute Gasteiger partial charge is 0.450 e. The molecule has 6 nitrogen and oxygen atoms in total. The van der Waals surface area contributed by atoms with E-state index in [0.717, 1.165) is 30.8 Å². The van der Waals surface area contributed by atoms with Gasteiger partial charge in [-0.3, -0.25) is 4.98 Å². The molecule has 0 aromatic carbocycles. The SMILES string of the molecule is CNc1cc(-c2ccc(/C=C(/C#N)C=N)[nH]2)ncc1[B]O. The fourth-order valence-corrected chi connectivity index (χ4v) is 1.85. The van der Waals surface area contributed by atoms with E-state index in [1.807, 2.05) is 24.3 Å². The number of hydrogen-bond donors (Lipinski definition) is 4. The van der Waals surface area contributed by atoms with Gasteiger partial charge < -0.3 is 20.7 Å². The van der Waals surface area contributed by atoms with Crippen LogP contribution in [0.25, 0.3) is 17.5 Å². The first-order chi connectivity index (χ1) is 10.2. The van der Waals surface area contributed by atoms with Crippen LogP contribution in [0.3, 0.4) is 0 Å². The van der Waals surface area contributed by atoms with Gasteiger partial charge in [0.15, 0.2) is 0 Å². The predicted octanol–water partition coefficient (Wildman–Crippen LogP) is 0.912. The first-order valence-electron chi connectivity index (χ1n) is 6.18. The molecule has 0 fully saturated rings. The van der Waals surface area contributed by atoms with Gasteiger partial charge in [-0.05, 0) is 29.7 Å². The van der Waals surface area contributed by atoms with Gasteiger partial charge in [-0.25, -0.2) is 0 Å². The maximum atomic E-state index is 9.10. The molecule has 1 radical (unpaired) electrons. The normalized spacial score (nSPS) is 10.8. The molecule has 0 aliphatic heterocycles. The molecular weight excluding hydrogens is 265 g/mol. The topological polar surface area (TPSA) is 109 Å². The molecular formula is C14H13BN5O. The highest BCUT2D eigenvalue weighted by Gasteiger charge is 2.08. The molecule has 0 atom stereocenters. The van der Waals surface area contributed by atoms with E-state index in [1.165, 1.54) is 0 Å². The minimum Gasteiger partial charge on any atom is -0.450 e. The van der Waals surface area contributed by atoms with Crippen molar-refractivity contribution in [2.75, 3.05) is 12.4 Å². The third-order valence-corrected chi connectivity index (χ3v) is 2.92. The van der Waals surface area contributed by atoms with E-state index in [1.54, 1.807) is 19.3 Å². The predicted molar refractivity (Wildman–Crippen MR) is 83.6 cm³/mol. The highest BCUT2D eigenvalue weighted by atomic mass is 16.2. The lowest BCUT2D eigenvalue weighted by Crippen LogP contribution is -2.19. The number of nitriles is 1. The summed E-state index contributed by atoms with van der Waals surface area (Å²) in [5.74, 6) is 0. The molecule has 7 heteroatoms. The Hall–Kier alpha value is -2.85. The van der Waals surface area contributed by atoms with Crippen molar-refractivity contribution in [2.45, 2.75) is 0 Å². The zero-order valence-electron chi connectivity index (χ0n) is 11.4. The van der Waals surface area contributed by atoms with Gasteiger partial charge in [-0.15, -0.1) is 0 Å². The standard InChI is InChI=1S/C14H13BN5O/c1-18-13-5-14(19-8-11(13)15-21)12-3-2-10(20-12)4-9(6-16)7-17/h2-6,8,16,20-21H,1H3,(H,18,19)/b9-4+,16-6?. The van der Waals surface area contributed by atoms with Crippen molar-refractivity contribution < 1.29 is 5.02 Å². The van der Waals surface area contributed by atoms with E-state index in [-0.39, 0.29) is 5.57 Å². The van der Waals surface area contributed by atoms with Crippen LogP contribution in [0.15, 0.2) is 30.0 Å². The van der Waals surface area contributed by atoms with E-state index in [4.69, 9.17) is 15.7 Å². The molecule has 2 aromatic heterocycles. The number of allylic oxidation sites excluding steroid dienone is 1. The average Bonchev–Trinajstić information content (AvgIpc) is 3.00. The van der Waals surface area contributed by atoms with Crippen LogP contribution in [0.4, 0.5) is 5.69 Å². The fourth-order valence-electron chi connectivity index (χ4n) is 1.85. The second kappa shape index (κ2) is 6.54. The van der Waals surface area contributed by atoms with Crippen LogP contribution in [-0.4, -0.2) is 35.7 Å². The van der Waals surface area contributed by atoms with Crippen LogP contribution in [0.1, 0.15) is 5.69 Å². The van der Waals surface area contributed by atoms with Gasteiger partial charge in [0.2, 0.25) is 0 Å². The number of nitrogens with zero attached hydrogens (tertiary/aromatic N) is 2. The van der Waals surface area contributed by atoms with Gasteiger partial charge in [0, 0.05) is 30.8 Å². The first-order valence-corrected chi connectivity index (χ1v) is 6.18.